The van der Waals surface area contributed by atoms with E-state index in [1.807, 2.05) is 35.4 Å². The summed E-state index contributed by atoms with van der Waals surface area (Å²) in [5, 5.41) is 6.01. The summed E-state index contributed by atoms with van der Waals surface area (Å²) >= 11 is 0. The van der Waals surface area contributed by atoms with Crippen LogP contribution in [-0.4, -0.2) is 34.0 Å². The van der Waals surface area contributed by atoms with E-state index in [1.54, 1.807) is 12.4 Å². The Hall–Kier alpha value is -2.69. The van der Waals surface area contributed by atoms with Crippen molar-refractivity contribution in [3.63, 3.8) is 0 Å². The van der Waals surface area contributed by atoms with E-state index in [9.17, 15) is 4.79 Å². The van der Waals surface area contributed by atoms with Crippen molar-refractivity contribution in [2.24, 2.45) is 0 Å². The number of benzene rings is 1. The molecule has 1 aliphatic heterocycles. The van der Waals surface area contributed by atoms with Gasteiger partial charge < -0.3 is 10.2 Å². The third-order valence-electron chi connectivity index (χ3n) is 4.14. The number of nitrogens with one attached hydrogen (secondary N) is 1. The zero-order valence-electron chi connectivity index (χ0n) is 12.1. The molecule has 22 heavy (non-hydrogen) atoms. The number of fused-ring (bicyclic) bond motifs is 3. The first-order valence-electron chi connectivity index (χ1n) is 7.50. The third kappa shape index (κ3) is 2.15. The van der Waals surface area contributed by atoms with Crippen molar-refractivity contribution in [2.75, 3.05) is 18.4 Å². The van der Waals surface area contributed by atoms with Gasteiger partial charge in [0.2, 0.25) is 0 Å². The summed E-state index contributed by atoms with van der Waals surface area (Å²) < 4.78 is 0. The first kappa shape index (κ1) is 13.0. The van der Waals surface area contributed by atoms with E-state index in [1.165, 1.54) is 0 Å². The first-order chi connectivity index (χ1) is 10.8. The Bertz CT molecular complexity index is 856. The summed E-state index contributed by atoms with van der Waals surface area (Å²) in [6.07, 6.45) is 7.50. The highest BCUT2D eigenvalue weighted by molar-refractivity contribution is 6.13. The molecule has 2 amide bonds. The highest BCUT2D eigenvalue weighted by Gasteiger charge is 2.19. The fourth-order valence-corrected chi connectivity index (χ4v) is 3.02. The summed E-state index contributed by atoms with van der Waals surface area (Å²) in [6, 6.07) is 7.77. The van der Waals surface area contributed by atoms with Crippen LogP contribution in [-0.2, 0) is 0 Å². The first-order valence-corrected chi connectivity index (χ1v) is 7.50. The number of urea groups is 1. The quantitative estimate of drug-likeness (QED) is 0.699. The van der Waals surface area contributed by atoms with Gasteiger partial charge in [-0.2, -0.15) is 0 Å². The molecule has 2 aromatic heterocycles. The van der Waals surface area contributed by atoms with Crippen molar-refractivity contribution in [3.05, 3.63) is 42.9 Å². The van der Waals surface area contributed by atoms with Gasteiger partial charge in [-0.15, -0.1) is 0 Å². The molecule has 0 bridgehead atoms. The predicted molar refractivity (Wildman–Crippen MR) is 86.9 cm³/mol. The number of carbonyl (C=O) groups excluding carboxylic acids is 1. The lowest BCUT2D eigenvalue weighted by atomic mass is 10.1. The Morgan fingerprint density at radius 2 is 2.00 bits per heavy atom. The molecule has 1 saturated heterocycles. The van der Waals surface area contributed by atoms with E-state index in [2.05, 4.69) is 15.3 Å². The number of nitrogens with zero attached hydrogens (tertiary/aromatic N) is 3. The Kier molecular flexibility index (Phi) is 3.11. The van der Waals surface area contributed by atoms with Crippen LogP contribution in [0.15, 0.2) is 42.9 Å². The lowest BCUT2D eigenvalue weighted by molar-refractivity contribution is 0.222. The number of hydrogen-bond acceptors (Lipinski definition) is 3. The monoisotopic (exact) mass is 292 g/mol. The summed E-state index contributed by atoms with van der Waals surface area (Å²) in [6.45, 7) is 1.67. The van der Waals surface area contributed by atoms with Crippen molar-refractivity contribution in [3.8, 4) is 0 Å². The second kappa shape index (κ2) is 5.26. The van der Waals surface area contributed by atoms with E-state index in [-0.39, 0.29) is 6.03 Å². The summed E-state index contributed by atoms with van der Waals surface area (Å²) in [5.41, 5.74) is 1.67. The minimum Gasteiger partial charge on any atom is -0.325 e. The van der Waals surface area contributed by atoms with Gasteiger partial charge in [0.1, 0.15) is 0 Å². The van der Waals surface area contributed by atoms with Gasteiger partial charge in [-0.1, -0.05) is 0 Å². The molecule has 3 aromatic rings. The van der Waals surface area contributed by atoms with Crippen LogP contribution < -0.4 is 5.32 Å². The van der Waals surface area contributed by atoms with Crippen LogP contribution in [0.25, 0.3) is 21.7 Å². The number of carbonyl (C=O) groups is 1. The molecule has 5 heteroatoms. The largest absolute Gasteiger partial charge is 0.325 e. The van der Waals surface area contributed by atoms with Crippen LogP contribution in [0, 0.1) is 0 Å². The van der Waals surface area contributed by atoms with Crippen LogP contribution in [0.3, 0.4) is 0 Å². The third-order valence-corrected chi connectivity index (χ3v) is 4.14. The van der Waals surface area contributed by atoms with Gasteiger partial charge in [0, 0.05) is 42.5 Å². The predicted octanol–water partition coefficient (Wildman–Crippen LogP) is 3.41. The molecule has 4 rings (SSSR count). The lowest BCUT2D eigenvalue weighted by Crippen LogP contribution is -2.32. The molecule has 110 valence electrons. The van der Waals surface area contributed by atoms with Gasteiger partial charge in [-0.25, -0.2) is 4.79 Å². The van der Waals surface area contributed by atoms with Crippen molar-refractivity contribution in [2.45, 2.75) is 12.8 Å². The number of aromatic nitrogens is 2. The lowest BCUT2D eigenvalue weighted by Gasteiger charge is -2.17. The van der Waals surface area contributed by atoms with Crippen LogP contribution in [0.4, 0.5) is 10.5 Å². The molecule has 5 nitrogen and oxygen atoms in total. The molecule has 0 aliphatic carbocycles. The second-order valence-electron chi connectivity index (χ2n) is 5.54. The maximum Gasteiger partial charge on any atom is 0.321 e. The van der Waals surface area contributed by atoms with E-state index in [0.29, 0.717) is 0 Å². The highest BCUT2D eigenvalue weighted by Crippen LogP contribution is 2.30. The summed E-state index contributed by atoms with van der Waals surface area (Å²) in [5.74, 6) is 0. The van der Waals surface area contributed by atoms with Crippen molar-refractivity contribution < 1.29 is 4.79 Å². The average molecular weight is 292 g/mol. The fraction of sp³-hybridized carbons (Fsp3) is 0.235. The molecule has 1 fully saturated rings. The summed E-state index contributed by atoms with van der Waals surface area (Å²) in [7, 11) is 0. The highest BCUT2D eigenvalue weighted by atomic mass is 16.2. The molecule has 0 saturated carbocycles. The minimum atomic E-state index is -0.0314. The van der Waals surface area contributed by atoms with Gasteiger partial charge in [-0.05, 0) is 42.5 Å². The van der Waals surface area contributed by atoms with Gasteiger partial charge in [-0.3, -0.25) is 9.97 Å². The molecule has 3 heterocycles. The smallest absolute Gasteiger partial charge is 0.321 e. The number of anilines is 1. The molecule has 1 aromatic carbocycles. The van der Waals surface area contributed by atoms with Crippen LogP contribution in [0.2, 0.25) is 0 Å². The van der Waals surface area contributed by atoms with Crippen LogP contribution in [0.5, 0.6) is 0 Å². The van der Waals surface area contributed by atoms with E-state index >= 15 is 0 Å². The normalized spacial score (nSPS) is 14.6. The molecular formula is C17H16N4O. The molecule has 0 spiro atoms. The number of rotatable bonds is 1. The van der Waals surface area contributed by atoms with Crippen molar-refractivity contribution in [1.82, 2.24) is 14.9 Å². The second-order valence-corrected chi connectivity index (χ2v) is 5.54. The average Bonchev–Trinajstić information content (AvgIpc) is 3.10. The molecular weight excluding hydrogens is 276 g/mol. The summed E-state index contributed by atoms with van der Waals surface area (Å²) in [4.78, 5) is 22.9. The number of hydrogen-bond donors (Lipinski definition) is 1. The van der Waals surface area contributed by atoms with Gasteiger partial charge in [0.25, 0.3) is 0 Å². The minimum absolute atomic E-state index is 0.0314. The Labute approximate surface area is 128 Å². The zero-order chi connectivity index (χ0) is 14.9. The van der Waals surface area contributed by atoms with Gasteiger partial charge in [0.05, 0.1) is 11.2 Å². The Morgan fingerprint density at radius 1 is 1.14 bits per heavy atom. The molecule has 0 unspecified atom stereocenters. The molecule has 0 atom stereocenters. The van der Waals surface area contributed by atoms with E-state index in [0.717, 1.165) is 53.3 Å². The Morgan fingerprint density at radius 3 is 2.86 bits per heavy atom. The van der Waals surface area contributed by atoms with Gasteiger partial charge in [0.15, 0.2) is 0 Å². The van der Waals surface area contributed by atoms with E-state index in [4.69, 9.17) is 0 Å². The Balaban J connectivity index is 1.83. The molecule has 1 N–H and O–H groups in total. The number of likely N-dealkylation sites (tertiary alicyclic amines) is 1. The van der Waals surface area contributed by atoms with Crippen molar-refractivity contribution >= 4 is 33.4 Å². The SMILES string of the molecule is O=C(Nc1cc2ccncc2c2ncccc12)N1CCCC1. The number of pyridine rings is 2. The zero-order valence-corrected chi connectivity index (χ0v) is 12.1. The number of amides is 2. The molecule has 1 aliphatic rings. The van der Waals surface area contributed by atoms with Crippen molar-refractivity contribution in [1.29, 1.82) is 0 Å². The fourth-order valence-electron chi connectivity index (χ4n) is 3.02. The topological polar surface area (TPSA) is 58.1 Å². The standard InChI is InChI=1S/C17H16N4O/c22-17(21-8-1-2-9-21)20-15-10-12-5-7-18-11-14(12)16-13(15)4-3-6-19-16/h3-7,10-11H,1-2,8-9H2,(H,20,22). The van der Waals surface area contributed by atoms with Crippen LogP contribution in [0.1, 0.15) is 12.8 Å². The maximum absolute atomic E-state index is 12.4. The van der Waals surface area contributed by atoms with Gasteiger partial charge >= 0.3 is 6.03 Å². The maximum atomic E-state index is 12.4. The van der Waals surface area contributed by atoms with E-state index < -0.39 is 0 Å². The van der Waals surface area contributed by atoms with Crippen LogP contribution >= 0.6 is 0 Å². The molecule has 0 radical (unpaired) electrons.